The number of aliphatic imine (C=N–C) groups is 1. The summed E-state index contributed by atoms with van der Waals surface area (Å²) < 4.78 is 0. The maximum atomic E-state index is 11.0. The Kier molecular flexibility index (Phi) is 6.87. The van der Waals surface area contributed by atoms with Gasteiger partial charge in [0.05, 0.1) is 0 Å². The number of benzene rings is 1. The summed E-state index contributed by atoms with van der Waals surface area (Å²) in [6.07, 6.45) is 3.99. The van der Waals surface area contributed by atoms with Crippen LogP contribution in [0, 0.1) is 0 Å². The van der Waals surface area contributed by atoms with Crippen molar-refractivity contribution in [1.29, 1.82) is 0 Å². The molecule has 0 atom stereocenters. The van der Waals surface area contributed by atoms with Crippen LogP contribution in [0.4, 0.5) is 0 Å². The molecule has 1 aromatic rings. The Morgan fingerprint density at radius 3 is 2.48 bits per heavy atom. The minimum Gasteiger partial charge on any atom is -0.366 e. The van der Waals surface area contributed by atoms with Crippen LogP contribution in [0.2, 0.25) is 0 Å². The number of carbonyl (C=O) groups is 1. The summed E-state index contributed by atoms with van der Waals surface area (Å²) in [6.45, 7) is 5.01. The van der Waals surface area contributed by atoms with Crippen LogP contribution in [0.5, 0.6) is 0 Å². The first-order valence-corrected chi connectivity index (χ1v) is 8.24. The number of guanidine groups is 1. The normalized spacial score (nSPS) is 16.1. The van der Waals surface area contributed by atoms with Crippen molar-refractivity contribution in [3.8, 4) is 0 Å². The fourth-order valence-corrected chi connectivity index (χ4v) is 2.71. The topological polar surface area (TPSA) is 82.8 Å². The molecule has 0 saturated carbocycles. The van der Waals surface area contributed by atoms with Gasteiger partial charge in [-0.25, -0.2) is 0 Å². The average molecular weight is 317 g/mol. The predicted molar refractivity (Wildman–Crippen MR) is 93.5 cm³/mol. The van der Waals surface area contributed by atoms with Crippen LogP contribution in [0.15, 0.2) is 29.3 Å². The van der Waals surface area contributed by atoms with E-state index in [0.717, 1.165) is 24.6 Å². The Labute approximate surface area is 138 Å². The molecule has 6 nitrogen and oxygen atoms in total. The first-order chi connectivity index (χ1) is 11.2. The zero-order valence-corrected chi connectivity index (χ0v) is 13.8. The molecule has 1 aliphatic heterocycles. The Bertz CT molecular complexity index is 520. The molecule has 1 fully saturated rings. The number of carbonyl (C=O) groups excluding carboxylic acids is 1. The van der Waals surface area contributed by atoms with Crippen LogP contribution in [0.25, 0.3) is 0 Å². The minimum atomic E-state index is -0.403. The lowest BCUT2D eigenvalue weighted by atomic mass is 10.1. The van der Waals surface area contributed by atoms with Crippen molar-refractivity contribution in [3.05, 3.63) is 35.4 Å². The fourth-order valence-electron chi connectivity index (χ4n) is 2.71. The zero-order valence-electron chi connectivity index (χ0n) is 13.8. The maximum absolute atomic E-state index is 11.0. The molecule has 0 aromatic heterocycles. The third-order valence-electron chi connectivity index (χ3n) is 4.09. The Hall–Kier alpha value is -2.08. The molecule has 1 amide bonds. The molecule has 0 unspecified atom stereocenters. The molecule has 1 aliphatic rings. The third-order valence-corrected chi connectivity index (χ3v) is 4.09. The van der Waals surface area contributed by atoms with Gasteiger partial charge in [0, 0.05) is 32.2 Å². The summed E-state index contributed by atoms with van der Waals surface area (Å²) in [6, 6.07) is 7.28. The van der Waals surface area contributed by atoms with Crippen LogP contribution in [-0.4, -0.2) is 50.0 Å². The highest BCUT2D eigenvalue weighted by Crippen LogP contribution is 2.07. The first kappa shape index (κ1) is 17.3. The number of piperidine rings is 1. The van der Waals surface area contributed by atoms with Gasteiger partial charge in [-0.05, 0) is 43.6 Å². The number of nitrogens with two attached hydrogens (primary N) is 1. The van der Waals surface area contributed by atoms with Crippen molar-refractivity contribution in [2.75, 3.05) is 33.2 Å². The average Bonchev–Trinajstić information content (AvgIpc) is 2.59. The second-order valence-corrected chi connectivity index (χ2v) is 5.82. The van der Waals surface area contributed by atoms with E-state index in [0.29, 0.717) is 12.1 Å². The van der Waals surface area contributed by atoms with Crippen molar-refractivity contribution < 1.29 is 4.79 Å². The largest absolute Gasteiger partial charge is 0.366 e. The molecule has 0 aliphatic carbocycles. The lowest BCUT2D eigenvalue weighted by Gasteiger charge is -2.26. The van der Waals surface area contributed by atoms with Gasteiger partial charge < -0.3 is 21.3 Å². The summed E-state index contributed by atoms with van der Waals surface area (Å²) >= 11 is 0. The van der Waals surface area contributed by atoms with Crippen molar-refractivity contribution in [2.45, 2.75) is 25.8 Å². The van der Waals surface area contributed by atoms with Crippen molar-refractivity contribution in [2.24, 2.45) is 10.7 Å². The molecule has 126 valence electrons. The van der Waals surface area contributed by atoms with E-state index in [-0.39, 0.29) is 0 Å². The Morgan fingerprint density at radius 2 is 1.87 bits per heavy atom. The van der Waals surface area contributed by atoms with Crippen LogP contribution in [-0.2, 0) is 6.54 Å². The number of hydrogen-bond donors (Lipinski definition) is 3. The molecular formula is C17H27N5O. The van der Waals surface area contributed by atoms with E-state index >= 15 is 0 Å². The number of amides is 1. The molecule has 6 heteroatoms. The quantitative estimate of drug-likeness (QED) is 0.538. The highest BCUT2D eigenvalue weighted by Gasteiger charge is 2.09. The smallest absolute Gasteiger partial charge is 0.248 e. The van der Waals surface area contributed by atoms with Gasteiger partial charge in [0.2, 0.25) is 5.91 Å². The van der Waals surface area contributed by atoms with Gasteiger partial charge >= 0.3 is 0 Å². The summed E-state index contributed by atoms with van der Waals surface area (Å²) in [4.78, 5) is 17.8. The Balaban J connectivity index is 1.70. The van der Waals surface area contributed by atoms with Gasteiger partial charge in [0.15, 0.2) is 5.96 Å². The molecule has 1 aromatic carbocycles. The third kappa shape index (κ3) is 5.90. The summed E-state index contributed by atoms with van der Waals surface area (Å²) in [7, 11) is 1.77. The highest BCUT2D eigenvalue weighted by molar-refractivity contribution is 5.92. The first-order valence-electron chi connectivity index (χ1n) is 8.24. The fraction of sp³-hybridized carbons (Fsp3) is 0.529. The second kappa shape index (κ2) is 9.15. The van der Waals surface area contributed by atoms with Crippen LogP contribution >= 0.6 is 0 Å². The zero-order chi connectivity index (χ0) is 16.5. The lowest BCUT2D eigenvalue weighted by molar-refractivity contribution is 0.100. The molecule has 0 spiro atoms. The van der Waals surface area contributed by atoms with Crippen molar-refractivity contribution >= 4 is 11.9 Å². The van der Waals surface area contributed by atoms with Crippen LogP contribution in [0.1, 0.15) is 35.2 Å². The Morgan fingerprint density at radius 1 is 1.17 bits per heavy atom. The van der Waals surface area contributed by atoms with Gasteiger partial charge in [-0.15, -0.1) is 0 Å². The van der Waals surface area contributed by atoms with E-state index in [1.807, 2.05) is 12.1 Å². The monoisotopic (exact) mass is 317 g/mol. The van der Waals surface area contributed by atoms with E-state index in [2.05, 4.69) is 20.5 Å². The van der Waals surface area contributed by atoms with Gasteiger partial charge in [-0.2, -0.15) is 0 Å². The molecule has 1 heterocycles. The summed E-state index contributed by atoms with van der Waals surface area (Å²) in [5.41, 5.74) is 6.84. The summed E-state index contributed by atoms with van der Waals surface area (Å²) in [5, 5.41) is 6.62. The van der Waals surface area contributed by atoms with Gasteiger partial charge in [0.25, 0.3) is 0 Å². The molecule has 0 bridgehead atoms. The van der Waals surface area contributed by atoms with E-state index in [9.17, 15) is 4.79 Å². The highest BCUT2D eigenvalue weighted by atomic mass is 16.1. The molecule has 1 saturated heterocycles. The van der Waals surface area contributed by atoms with Crippen LogP contribution in [0.3, 0.4) is 0 Å². The second-order valence-electron chi connectivity index (χ2n) is 5.82. The van der Waals surface area contributed by atoms with E-state index < -0.39 is 5.91 Å². The number of primary amides is 1. The number of likely N-dealkylation sites (tertiary alicyclic amines) is 1. The maximum Gasteiger partial charge on any atom is 0.248 e. The molecule has 2 rings (SSSR count). The van der Waals surface area contributed by atoms with E-state index in [4.69, 9.17) is 5.73 Å². The van der Waals surface area contributed by atoms with E-state index in [1.165, 1.54) is 32.4 Å². The minimum absolute atomic E-state index is 0.403. The summed E-state index contributed by atoms with van der Waals surface area (Å²) in [5.74, 6) is 0.390. The van der Waals surface area contributed by atoms with Crippen molar-refractivity contribution in [3.63, 3.8) is 0 Å². The predicted octanol–water partition coefficient (Wildman–Crippen LogP) is 0.936. The number of nitrogens with zero attached hydrogens (tertiary/aromatic N) is 2. The number of rotatable bonds is 6. The molecule has 0 radical (unpaired) electrons. The number of hydrogen-bond acceptors (Lipinski definition) is 3. The van der Waals surface area contributed by atoms with Gasteiger partial charge in [-0.3, -0.25) is 9.79 Å². The molecular weight excluding hydrogens is 290 g/mol. The van der Waals surface area contributed by atoms with Crippen molar-refractivity contribution in [1.82, 2.24) is 15.5 Å². The van der Waals surface area contributed by atoms with E-state index in [1.54, 1.807) is 19.2 Å². The van der Waals surface area contributed by atoms with Gasteiger partial charge in [0.1, 0.15) is 0 Å². The van der Waals surface area contributed by atoms with Gasteiger partial charge in [-0.1, -0.05) is 18.6 Å². The van der Waals surface area contributed by atoms with Crippen LogP contribution < -0.4 is 16.4 Å². The SMILES string of the molecule is CN=C(NCCN1CCCCC1)NCc1ccc(C(N)=O)cc1. The molecule has 23 heavy (non-hydrogen) atoms. The lowest BCUT2D eigenvalue weighted by Crippen LogP contribution is -2.42. The molecule has 4 N–H and O–H groups in total. The standard InChI is InChI=1S/C17H27N5O/c1-19-17(20-9-12-22-10-3-2-4-11-22)21-13-14-5-7-15(8-6-14)16(18)23/h5-8H,2-4,9-13H2,1H3,(H2,18,23)(H2,19,20,21). The number of nitrogens with one attached hydrogen (secondary N) is 2.